The highest BCUT2D eigenvalue weighted by Crippen LogP contribution is 2.30. The molecule has 0 saturated carbocycles. The highest BCUT2D eigenvalue weighted by atomic mass is 32.1. The smallest absolute Gasteiger partial charge is 0.226 e. The minimum atomic E-state index is 0.429. The SMILES string of the molecule is CCCC(C)Nc1nc(NCC)nc2sc(C)cc12. The number of fused-ring (bicyclic) bond motifs is 1. The Hall–Kier alpha value is -1.36. The summed E-state index contributed by atoms with van der Waals surface area (Å²) in [5, 5.41) is 7.84. The van der Waals surface area contributed by atoms with E-state index < -0.39 is 0 Å². The van der Waals surface area contributed by atoms with Gasteiger partial charge >= 0.3 is 0 Å². The number of nitrogens with zero attached hydrogens (tertiary/aromatic N) is 2. The van der Waals surface area contributed by atoms with Crippen LogP contribution >= 0.6 is 11.3 Å². The van der Waals surface area contributed by atoms with E-state index in [0.29, 0.717) is 12.0 Å². The van der Waals surface area contributed by atoms with Crippen molar-refractivity contribution >= 4 is 33.3 Å². The lowest BCUT2D eigenvalue weighted by atomic mass is 10.2. The summed E-state index contributed by atoms with van der Waals surface area (Å²) in [6, 6.07) is 2.59. The number of aromatic nitrogens is 2. The van der Waals surface area contributed by atoms with E-state index >= 15 is 0 Å². The molecule has 2 aromatic heterocycles. The van der Waals surface area contributed by atoms with Crippen molar-refractivity contribution in [3.8, 4) is 0 Å². The second kappa shape index (κ2) is 6.19. The van der Waals surface area contributed by atoms with E-state index in [-0.39, 0.29) is 0 Å². The van der Waals surface area contributed by atoms with Gasteiger partial charge in [-0.3, -0.25) is 0 Å². The van der Waals surface area contributed by atoms with Gasteiger partial charge in [0.25, 0.3) is 0 Å². The predicted octanol–water partition coefficient (Wildman–Crippen LogP) is 4.03. The van der Waals surface area contributed by atoms with Crippen LogP contribution in [0.25, 0.3) is 10.2 Å². The summed E-state index contributed by atoms with van der Waals surface area (Å²) in [7, 11) is 0. The number of hydrogen-bond donors (Lipinski definition) is 2. The Morgan fingerprint density at radius 1 is 1.32 bits per heavy atom. The second-order valence-electron chi connectivity index (χ2n) is 4.84. The summed E-state index contributed by atoms with van der Waals surface area (Å²) in [6.07, 6.45) is 2.32. The summed E-state index contributed by atoms with van der Waals surface area (Å²) < 4.78 is 0. The summed E-state index contributed by atoms with van der Waals surface area (Å²) in [5.41, 5.74) is 0. The predicted molar refractivity (Wildman–Crippen MR) is 84.3 cm³/mol. The largest absolute Gasteiger partial charge is 0.367 e. The molecule has 0 aromatic carbocycles. The number of aryl methyl sites for hydroxylation is 1. The lowest BCUT2D eigenvalue weighted by Gasteiger charge is -2.15. The molecule has 0 spiro atoms. The van der Waals surface area contributed by atoms with Crippen LogP contribution in [0.3, 0.4) is 0 Å². The number of hydrogen-bond acceptors (Lipinski definition) is 5. The van der Waals surface area contributed by atoms with Crippen molar-refractivity contribution in [3.05, 3.63) is 10.9 Å². The van der Waals surface area contributed by atoms with E-state index in [2.05, 4.69) is 54.4 Å². The van der Waals surface area contributed by atoms with Crippen molar-refractivity contribution in [3.63, 3.8) is 0 Å². The average Bonchev–Trinajstić information content (AvgIpc) is 2.70. The Morgan fingerprint density at radius 2 is 2.11 bits per heavy atom. The Labute approximate surface area is 118 Å². The first-order valence-corrected chi connectivity index (χ1v) is 7.74. The van der Waals surface area contributed by atoms with Crippen molar-refractivity contribution < 1.29 is 0 Å². The molecule has 0 amide bonds. The molecule has 104 valence electrons. The molecule has 0 fully saturated rings. The zero-order valence-corrected chi connectivity index (χ0v) is 12.9. The zero-order valence-electron chi connectivity index (χ0n) is 12.1. The quantitative estimate of drug-likeness (QED) is 0.837. The Morgan fingerprint density at radius 3 is 2.79 bits per heavy atom. The minimum absolute atomic E-state index is 0.429. The number of nitrogens with one attached hydrogen (secondary N) is 2. The third-order valence-electron chi connectivity index (χ3n) is 2.96. The lowest BCUT2D eigenvalue weighted by Crippen LogP contribution is -2.16. The van der Waals surface area contributed by atoms with Crippen LogP contribution in [0.2, 0.25) is 0 Å². The molecule has 0 aliphatic carbocycles. The van der Waals surface area contributed by atoms with E-state index in [4.69, 9.17) is 0 Å². The minimum Gasteiger partial charge on any atom is -0.367 e. The molecule has 1 atom stereocenters. The molecule has 2 N–H and O–H groups in total. The van der Waals surface area contributed by atoms with Gasteiger partial charge in [-0.1, -0.05) is 13.3 Å². The standard InChI is InChI=1S/C14H22N4S/c1-5-7-9(3)16-12-11-8-10(4)19-13(11)18-14(17-12)15-6-2/h8-9H,5-7H2,1-4H3,(H2,15,16,17,18). The van der Waals surface area contributed by atoms with Gasteiger partial charge in [-0.2, -0.15) is 4.98 Å². The van der Waals surface area contributed by atoms with Gasteiger partial charge in [0, 0.05) is 17.5 Å². The maximum absolute atomic E-state index is 4.60. The fourth-order valence-electron chi connectivity index (χ4n) is 2.13. The van der Waals surface area contributed by atoms with Gasteiger partial charge in [0.15, 0.2) is 0 Å². The van der Waals surface area contributed by atoms with Gasteiger partial charge in [0.05, 0.1) is 5.39 Å². The average molecular weight is 278 g/mol. The topological polar surface area (TPSA) is 49.8 Å². The van der Waals surface area contributed by atoms with Crippen molar-refractivity contribution in [1.82, 2.24) is 9.97 Å². The van der Waals surface area contributed by atoms with E-state index in [1.165, 1.54) is 11.3 Å². The molecule has 2 heterocycles. The third-order valence-corrected chi connectivity index (χ3v) is 3.90. The van der Waals surface area contributed by atoms with Gasteiger partial charge in [0.1, 0.15) is 10.6 Å². The first-order valence-electron chi connectivity index (χ1n) is 6.92. The van der Waals surface area contributed by atoms with E-state index in [9.17, 15) is 0 Å². The van der Waals surface area contributed by atoms with Crippen LogP contribution in [-0.2, 0) is 0 Å². The number of anilines is 2. The van der Waals surface area contributed by atoms with Crippen LogP contribution in [0.1, 0.15) is 38.5 Å². The van der Waals surface area contributed by atoms with Crippen LogP contribution in [0, 0.1) is 6.92 Å². The second-order valence-corrected chi connectivity index (χ2v) is 6.07. The molecule has 2 aromatic rings. The Bertz CT molecular complexity index is 550. The maximum Gasteiger partial charge on any atom is 0.226 e. The van der Waals surface area contributed by atoms with Crippen molar-refractivity contribution in [2.45, 2.75) is 46.6 Å². The van der Waals surface area contributed by atoms with Gasteiger partial charge in [-0.15, -0.1) is 11.3 Å². The number of thiophene rings is 1. The molecule has 0 bridgehead atoms. The molecular weight excluding hydrogens is 256 g/mol. The Balaban J connectivity index is 2.37. The molecule has 5 heteroatoms. The number of rotatable bonds is 6. The summed E-state index contributed by atoms with van der Waals surface area (Å²) in [4.78, 5) is 11.5. The van der Waals surface area contributed by atoms with E-state index in [1.54, 1.807) is 11.3 Å². The fourth-order valence-corrected chi connectivity index (χ4v) is 3.01. The Kier molecular flexibility index (Phi) is 4.58. The van der Waals surface area contributed by atoms with Gasteiger partial charge in [-0.25, -0.2) is 4.98 Å². The van der Waals surface area contributed by atoms with Gasteiger partial charge < -0.3 is 10.6 Å². The summed E-state index contributed by atoms with van der Waals surface area (Å²) in [5.74, 6) is 1.66. The summed E-state index contributed by atoms with van der Waals surface area (Å²) >= 11 is 1.72. The van der Waals surface area contributed by atoms with Crippen LogP contribution in [0.4, 0.5) is 11.8 Å². The molecule has 0 aliphatic heterocycles. The maximum atomic E-state index is 4.60. The van der Waals surface area contributed by atoms with Gasteiger partial charge in [0.2, 0.25) is 5.95 Å². The monoisotopic (exact) mass is 278 g/mol. The fraction of sp³-hybridized carbons (Fsp3) is 0.571. The molecule has 2 rings (SSSR count). The third kappa shape index (κ3) is 3.35. The van der Waals surface area contributed by atoms with Crippen LogP contribution in [0.15, 0.2) is 6.07 Å². The molecule has 0 radical (unpaired) electrons. The van der Waals surface area contributed by atoms with E-state index in [0.717, 1.165) is 29.0 Å². The van der Waals surface area contributed by atoms with Crippen molar-refractivity contribution in [2.24, 2.45) is 0 Å². The first kappa shape index (κ1) is 14.1. The highest BCUT2D eigenvalue weighted by molar-refractivity contribution is 7.18. The van der Waals surface area contributed by atoms with Crippen molar-refractivity contribution in [1.29, 1.82) is 0 Å². The van der Waals surface area contributed by atoms with Crippen LogP contribution < -0.4 is 10.6 Å². The van der Waals surface area contributed by atoms with Crippen molar-refractivity contribution in [2.75, 3.05) is 17.2 Å². The molecule has 19 heavy (non-hydrogen) atoms. The van der Waals surface area contributed by atoms with Crippen LogP contribution in [0.5, 0.6) is 0 Å². The lowest BCUT2D eigenvalue weighted by molar-refractivity contribution is 0.688. The highest BCUT2D eigenvalue weighted by Gasteiger charge is 2.12. The normalized spacial score (nSPS) is 12.6. The molecule has 4 nitrogen and oxygen atoms in total. The van der Waals surface area contributed by atoms with Crippen LogP contribution in [-0.4, -0.2) is 22.6 Å². The molecular formula is C14H22N4S. The molecule has 0 saturated heterocycles. The first-order chi connectivity index (χ1) is 9.13. The molecule has 0 aliphatic rings. The zero-order chi connectivity index (χ0) is 13.8. The van der Waals surface area contributed by atoms with Gasteiger partial charge in [-0.05, 0) is 33.3 Å². The summed E-state index contributed by atoms with van der Waals surface area (Å²) in [6.45, 7) is 9.40. The van der Waals surface area contributed by atoms with E-state index in [1.807, 2.05) is 0 Å². The molecule has 1 unspecified atom stereocenters.